The Bertz CT molecular complexity index is 464. The first-order valence-electron chi connectivity index (χ1n) is 5.23. The molecule has 0 aliphatic heterocycles. The number of hydrogen-bond donors (Lipinski definition) is 1. The molecule has 98 valence electrons. The molecule has 1 unspecified atom stereocenters. The number of ether oxygens (including phenoxy) is 1. The zero-order valence-electron chi connectivity index (χ0n) is 10.3. The number of carbonyl (C=O) groups is 2. The molecule has 1 heterocycles. The van der Waals surface area contributed by atoms with Crippen molar-refractivity contribution < 1.29 is 19.4 Å². The second-order valence-electron chi connectivity index (χ2n) is 3.71. The minimum atomic E-state index is -0.860. The van der Waals surface area contributed by atoms with E-state index < -0.39 is 17.9 Å². The van der Waals surface area contributed by atoms with Gasteiger partial charge in [-0.25, -0.2) is 14.8 Å². The molecule has 0 radical (unpaired) electrons. The molecule has 0 saturated heterocycles. The van der Waals surface area contributed by atoms with Gasteiger partial charge in [-0.05, 0) is 13.0 Å². The van der Waals surface area contributed by atoms with Gasteiger partial charge in [0, 0.05) is 11.4 Å². The molecule has 7 heteroatoms. The highest BCUT2D eigenvalue weighted by Gasteiger charge is 2.14. The van der Waals surface area contributed by atoms with Crippen molar-refractivity contribution in [3.8, 4) is 0 Å². The minimum absolute atomic E-state index is 0.0111. The number of carbonyl (C=O) groups excluding carboxylic acids is 1. The fourth-order valence-corrected chi connectivity index (χ4v) is 2.05. The third kappa shape index (κ3) is 3.99. The van der Waals surface area contributed by atoms with Gasteiger partial charge in [-0.3, -0.25) is 4.79 Å². The van der Waals surface area contributed by atoms with Crippen molar-refractivity contribution in [3.05, 3.63) is 17.6 Å². The summed E-state index contributed by atoms with van der Waals surface area (Å²) in [5, 5.41) is 9.34. The van der Waals surface area contributed by atoms with Crippen LogP contribution in [-0.4, -0.2) is 39.9 Å². The SMILES string of the molecule is COC(=O)c1nc(C)cc(SCC(C)C(=O)O)n1. The predicted molar refractivity (Wildman–Crippen MR) is 65.6 cm³/mol. The molecule has 1 atom stereocenters. The number of carboxylic acids is 1. The average Bonchev–Trinajstić information content (AvgIpc) is 2.34. The molecule has 1 N–H and O–H groups in total. The van der Waals surface area contributed by atoms with Crippen molar-refractivity contribution >= 4 is 23.7 Å². The lowest BCUT2D eigenvalue weighted by molar-refractivity contribution is -0.140. The zero-order valence-corrected chi connectivity index (χ0v) is 11.2. The van der Waals surface area contributed by atoms with Crippen LogP contribution in [0.25, 0.3) is 0 Å². The van der Waals surface area contributed by atoms with Crippen LogP contribution in [0.4, 0.5) is 0 Å². The Labute approximate surface area is 109 Å². The summed E-state index contributed by atoms with van der Waals surface area (Å²) in [7, 11) is 1.26. The molecular formula is C11H14N2O4S. The van der Waals surface area contributed by atoms with E-state index in [9.17, 15) is 9.59 Å². The van der Waals surface area contributed by atoms with Gasteiger partial charge in [-0.15, -0.1) is 11.8 Å². The lowest BCUT2D eigenvalue weighted by Crippen LogP contribution is -2.13. The summed E-state index contributed by atoms with van der Waals surface area (Å²) >= 11 is 1.27. The number of methoxy groups -OCH3 is 1. The first-order valence-corrected chi connectivity index (χ1v) is 6.22. The quantitative estimate of drug-likeness (QED) is 0.491. The van der Waals surface area contributed by atoms with E-state index in [1.54, 1.807) is 19.9 Å². The summed E-state index contributed by atoms with van der Waals surface area (Å²) in [5.74, 6) is -1.57. The van der Waals surface area contributed by atoms with Crippen LogP contribution >= 0.6 is 11.8 Å². The Morgan fingerprint density at radius 1 is 1.50 bits per heavy atom. The second kappa shape index (κ2) is 6.34. The fourth-order valence-electron chi connectivity index (χ4n) is 1.08. The molecule has 1 rings (SSSR count). The van der Waals surface area contributed by atoms with Crippen LogP contribution in [0.2, 0.25) is 0 Å². The van der Waals surface area contributed by atoms with Crippen molar-refractivity contribution in [2.75, 3.05) is 12.9 Å². The summed E-state index contributed by atoms with van der Waals surface area (Å²) in [6.45, 7) is 3.35. The maximum Gasteiger partial charge on any atom is 0.376 e. The van der Waals surface area contributed by atoms with Gasteiger partial charge in [0.1, 0.15) is 5.03 Å². The normalized spacial score (nSPS) is 11.9. The van der Waals surface area contributed by atoms with E-state index in [0.717, 1.165) is 0 Å². The predicted octanol–water partition coefficient (Wildman–Crippen LogP) is 1.38. The number of hydrogen-bond acceptors (Lipinski definition) is 6. The molecule has 0 saturated carbocycles. The minimum Gasteiger partial charge on any atom is -0.481 e. The molecular weight excluding hydrogens is 256 g/mol. The van der Waals surface area contributed by atoms with Crippen LogP contribution in [0.15, 0.2) is 11.1 Å². The third-order valence-corrected chi connectivity index (χ3v) is 3.27. The molecule has 1 aromatic heterocycles. The first-order chi connectivity index (χ1) is 8.43. The number of aliphatic carboxylic acids is 1. The highest BCUT2D eigenvalue weighted by Crippen LogP contribution is 2.19. The van der Waals surface area contributed by atoms with E-state index in [1.807, 2.05) is 0 Å². The molecule has 0 fully saturated rings. The van der Waals surface area contributed by atoms with Crippen molar-refractivity contribution in [1.29, 1.82) is 0 Å². The highest BCUT2D eigenvalue weighted by molar-refractivity contribution is 7.99. The van der Waals surface area contributed by atoms with Crippen LogP contribution in [0.1, 0.15) is 23.2 Å². The van der Waals surface area contributed by atoms with Crippen molar-refractivity contribution in [1.82, 2.24) is 9.97 Å². The van der Waals surface area contributed by atoms with Gasteiger partial charge in [0.25, 0.3) is 0 Å². The Hall–Kier alpha value is -1.63. The van der Waals surface area contributed by atoms with Gasteiger partial charge in [-0.2, -0.15) is 0 Å². The van der Waals surface area contributed by atoms with Crippen LogP contribution in [0.5, 0.6) is 0 Å². The topological polar surface area (TPSA) is 89.4 Å². The summed E-state index contributed by atoms with van der Waals surface area (Å²) in [5.41, 5.74) is 0.635. The first kappa shape index (κ1) is 14.4. The Morgan fingerprint density at radius 3 is 2.72 bits per heavy atom. The van der Waals surface area contributed by atoms with Gasteiger partial charge >= 0.3 is 11.9 Å². The Balaban J connectivity index is 2.80. The lowest BCUT2D eigenvalue weighted by Gasteiger charge is -2.06. The van der Waals surface area contributed by atoms with E-state index in [2.05, 4.69) is 14.7 Å². The van der Waals surface area contributed by atoms with Gasteiger partial charge in [-0.1, -0.05) is 6.92 Å². The van der Waals surface area contributed by atoms with Crippen molar-refractivity contribution in [2.45, 2.75) is 18.9 Å². The smallest absolute Gasteiger partial charge is 0.376 e. The summed E-state index contributed by atoms with van der Waals surface area (Å²) in [6, 6.07) is 1.70. The van der Waals surface area contributed by atoms with E-state index in [0.29, 0.717) is 16.5 Å². The van der Waals surface area contributed by atoms with Gasteiger partial charge in [0.15, 0.2) is 0 Å². The fraction of sp³-hybridized carbons (Fsp3) is 0.455. The van der Waals surface area contributed by atoms with E-state index >= 15 is 0 Å². The second-order valence-corrected chi connectivity index (χ2v) is 4.75. The van der Waals surface area contributed by atoms with Gasteiger partial charge in [0.05, 0.1) is 13.0 Å². The summed E-state index contributed by atoms with van der Waals surface area (Å²) in [4.78, 5) is 30.0. The molecule has 0 amide bonds. The van der Waals surface area contributed by atoms with Crippen molar-refractivity contribution in [2.24, 2.45) is 5.92 Å². The molecule has 1 aromatic rings. The van der Waals surface area contributed by atoms with E-state index in [-0.39, 0.29) is 5.82 Å². The largest absolute Gasteiger partial charge is 0.481 e. The number of aryl methyl sites for hydroxylation is 1. The Morgan fingerprint density at radius 2 is 2.17 bits per heavy atom. The molecule has 18 heavy (non-hydrogen) atoms. The van der Waals surface area contributed by atoms with Crippen LogP contribution in [0.3, 0.4) is 0 Å². The number of carboxylic acid groups (broad SMARTS) is 1. The van der Waals surface area contributed by atoms with E-state index in [1.165, 1.54) is 18.9 Å². The van der Waals surface area contributed by atoms with Crippen LogP contribution < -0.4 is 0 Å². The number of rotatable bonds is 5. The molecule has 0 aliphatic rings. The lowest BCUT2D eigenvalue weighted by atomic mass is 10.2. The van der Waals surface area contributed by atoms with Crippen molar-refractivity contribution in [3.63, 3.8) is 0 Å². The number of thioether (sulfide) groups is 1. The third-order valence-electron chi connectivity index (χ3n) is 2.10. The number of nitrogens with zero attached hydrogens (tertiary/aromatic N) is 2. The van der Waals surface area contributed by atoms with Gasteiger partial charge in [0.2, 0.25) is 5.82 Å². The van der Waals surface area contributed by atoms with E-state index in [4.69, 9.17) is 5.11 Å². The van der Waals surface area contributed by atoms with Crippen LogP contribution in [-0.2, 0) is 9.53 Å². The van der Waals surface area contributed by atoms with Crippen LogP contribution in [0, 0.1) is 12.8 Å². The zero-order chi connectivity index (χ0) is 13.7. The average molecular weight is 270 g/mol. The summed E-state index contributed by atoms with van der Waals surface area (Å²) < 4.78 is 4.54. The molecule has 6 nitrogen and oxygen atoms in total. The Kier molecular flexibility index (Phi) is 5.08. The summed E-state index contributed by atoms with van der Waals surface area (Å²) in [6.07, 6.45) is 0. The maximum atomic E-state index is 11.3. The number of esters is 1. The number of aromatic nitrogens is 2. The standard InChI is InChI=1S/C11H14N2O4S/c1-6(10(14)15)5-18-8-4-7(2)12-9(13-8)11(16)17-3/h4,6H,5H2,1-3H3,(H,14,15). The highest BCUT2D eigenvalue weighted by atomic mass is 32.2. The molecule has 0 aliphatic carbocycles. The maximum absolute atomic E-state index is 11.3. The molecule has 0 spiro atoms. The van der Waals surface area contributed by atoms with Gasteiger partial charge < -0.3 is 9.84 Å². The molecule has 0 aromatic carbocycles. The monoisotopic (exact) mass is 270 g/mol. The molecule has 0 bridgehead atoms.